The lowest BCUT2D eigenvalue weighted by molar-refractivity contribution is -0.116. The summed E-state index contributed by atoms with van der Waals surface area (Å²) in [5.41, 5.74) is 5.70. The van der Waals surface area contributed by atoms with Gasteiger partial charge < -0.3 is 10.6 Å². The molecular formula is C22H18N2O2. The van der Waals surface area contributed by atoms with E-state index in [1.807, 2.05) is 54.6 Å². The van der Waals surface area contributed by atoms with Crippen molar-refractivity contribution in [3.63, 3.8) is 0 Å². The van der Waals surface area contributed by atoms with Crippen LogP contribution in [0.4, 0.5) is 11.4 Å². The Bertz CT molecular complexity index is 963. The summed E-state index contributed by atoms with van der Waals surface area (Å²) in [5, 5.41) is 5.69. The number of carbonyl (C=O) groups is 2. The van der Waals surface area contributed by atoms with E-state index in [0.717, 1.165) is 27.9 Å². The smallest absolute Gasteiger partial charge is 0.228 e. The van der Waals surface area contributed by atoms with Crippen LogP contribution >= 0.6 is 0 Å². The average Bonchev–Trinajstić information content (AvgIpc) is 3.02. The van der Waals surface area contributed by atoms with Crippen molar-refractivity contribution in [2.45, 2.75) is 12.8 Å². The highest BCUT2D eigenvalue weighted by Gasteiger charge is 2.17. The van der Waals surface area contributed by atoms with Crippen LogP contribution in [0.15, 0.2) is 72.8 Å². The van der Waals surface area contributed by atoms with Crippen molar-refractivity contribution in [3.8, 4) is 11.1 Å². The van der Waals surface area contributed by atoms with Gasteiger partial charge in [-0.3, -0.25) is 9.59 Å². The molecule has 128 valence electrons. The van der Waals surface area contributed by atoms with Gasteiger partial charge in [0.1, 0.15) is 0 Å². The number of benzene rings is 3. The van der Waals surface area contributed by atoms with Crippen LogP contribution in [-0.4, -0.2) is 11.8 Å². The van der Waals surface area contributed by atoms with Crippen molar-refractivity contribution < 1.29 is 9.59 Å². The molecule has 4 heteroatoms. The van der Waals surface area contributed by atoms with E-state index in [4.69, 9.17) is 0 Å². The molecule has 1 aliphatic rings. The van der Waals surface area contributed by atoms with E-state index in [1.165, 1.54) is 0 Å². The third kappa shape index (κ3) is 3.49. The van der Waals surface area contributed by atoms with Crippen molar-refractivity contribution in [2.75, 3.05) is 10.6 Å². The number of amides is 2. The van der Waals surface area contributed by atoms with Crippen molar-refractivity contribution >= 4 is 23.2 Å². The summed E-state index contributed by atoms with van der Waals surface area (Å²) >= 11 is 0. The second-order valence-electron chi connectivity index (χ2n) is 6.38. The van der Waals surface area contributed by atoms with Gasteiger partial charge in [0.15, 0.2) is 0 Å². The van der Waals surface area contributed by atoms with Gasteiger partial charge in [-0.15, -0.1) is 0 Å². The lowest BCUT2D eigenvalue weighted by atomic mass is 10.0. The molecule has 0 atom stereocenters. The molecule has 0 aromatic heterocycles. The highest BCUT2D eigenvalue weighted by atomic mass is 16.2. The van der Waals surface area contributed by atoms with Crippen molar-refractivity contribution in [1.29, 1.82) is 0 Å². The lowest BCUT2D eigenvalue weighted by Crippen LogP contribution is -2.14. The summed E-state index contributed by atoms with van der Waals surface area (Å²) in [6, 6.07) is 23.6. The number of hydrogen-bond donors (Lipinski definition) is 2. The largest absolute Gasteiger partial charge is 0.326 e. The standard InChI is InChI=1S/C22H18N2O2/c25-21(23-19-10-11-20-18(13-19)14-22(26)24-20)12-15-6-8-17(9-7-15)16-4-2-1-3-5-16/h1-11,13H,12,14H2,(H,23,25)(H,24,26). The van der Waals surface area contributed by atoms with Crippen LogP contribution < -0.4 is 10.6 Å². The van der Waals surface area contributed by atoms with Crippen molar-refractivity contribution in [2.24, 2.45) is 0 Å². The zero-order valence-corrected chi connectivity index (χ0v) is 14.2. The predicted octanol–water partition coefficient (Wildman–Crippen LogP) is 4.03. The Morgan fingerprint density at radius 3 is 2.42 bits per heavy atom. The molecular weight excluding hydrogens is 324 g/mol. The molecule has 4 nitrogen and oxygen atoms in total. The minimum Gasteiger partial charge on any atom is -0.326 e. The summed E-state index contributed by atoms with van der Waals surface area (Å²) < 4.78 is 0. The number of carbonyl (C=O) groups excluding carboxylic acids is 2. The molecule has 0 bridgehead atoms. The van der Waals surface area contributed by atoms with E-state index in [0.29, 0.717) is 18.5 Å². The number of nitrogens with one attached hydrogen (secondary N) is 2. The second kappa shape index (κ2) is 6.84. The summed E-state index contributed by atoms with van der Waals surface area (Å²) in [4.78, 5) is 23.7. The van der Waals surface area contributed by atoms with E-state index < -0.39 is 0 Å². The number of rotatable bonds is 4. The van der Waals surface area contributed by atoms with E-state index in [-0.39, 0.29) is 11.8 Å². The van der Waals surface area contributed by atoms with E-state index in [1.54, 1.807) is 6.07 Å². The molecule has 0 unspecified atom stereocenters. The predicted molar refractivity (Wildman–Crippen MR) is 103 cm³/mol. The molecule has 0 radical (unpaired) electrons. The van der Waals surface area contributed by atoms with Crippen LogP contribution in [0, 0.1) is 0 Å². The van der Waals surface area contributed by atoms with Gasteiger partial charge >= 0.3 is 0 Å². The fraction of sp³-hybridized carbons (Fsp3) is 0.0909. The fourth-order valence-electron chi connectivity index (χ4n) is 3.14. The maximum atomic E-state index is 12.3. The maximum absolute atomic E-state index is 12.3. The number of fused-ring (bicyclic) bond motifs is 1. The van der Waals surface area contributed by atoms with E-state index >= 15 is 0 Å². The van der Waals surface area contributed by atoms with E-state index in [9.17, 15) is 9.59 Å². The molecule has 3 aromatic carbocycles. The Kier molecular flexibility index (Phi) is 4.23. The minimum absolute atomic E-state index is 0.0121. The minimum atomic E-state index is -0.0744. The van der Waals surface area contributed by atoms with Gasteiger partial charge in [0.05, 0.1) is 12.8 Å². The van der Waals surface area contributed by atoms with Crippen LogP contribution in [0.5, 0.6) is 0 Å². The normalized spacial score (nSPS) is 12.4. The first kappa shape index (κ1) is 16.1. The number of anilines is 2. The van der Waals surface area contributed by atoms with E-state index in [2.05, 4.69) is 22.8 Å². The molecule has 4 rings (SSSR count). The van der Waals surface area contributed by atoms with Crippen LogP contribution in [0.25, 0.3) is 11.1 Å². The summed E-state index contributed by atoms with van der Waals surface area (Å²) in [7, 11) is 0. The van der Waals surface area contributed by atoms with Gasteiger partial charge in [-0.1, -0.05) is 54.6 Å². The first-order valence-electron chi connectivity index (χ1n) is 8.54. The Morgan fingerprint density at radius 1 is 0.923 bits per heavy atom. The monoisotopic (exact) mass is 342 g/mol. The molecule has 26 heavy (non-hydrogen) atoms. The second-order valence-corrected chi connectivity index (χ2v) is 6.38. The van der Waals surface area contributed by atoms with Crippen LogP contribution in [0.1, 0.15) is 11.1 Å². The van der Waals surface area contributed by atoms with Crippen LogP contribution in [0.2, 0.25) is 0 Å². The zero-order valence-electron chi connectivity index (χ0n) is 14.2. The average molecular weight is 342 g/mol. The van der Waals surface area contributed by atoms with Crippen molar-refractivity contribution in [3.05, 3.63) is 83.9 Å². The highest BCUT2D eigenvalue weighted by molar-refractivity contribution is 6.00. The molecule has 0 spiro atoms. The lowest BCUT2D eigenvalue weighted by Gasteiger charge is -2.08. The molecule has 1 aliphatic heterocycles. The molecule has 0 aliphatic carbocycles. The van der Waals surface area contributed by atoms with Gasteiger partial charge in [0, 0.05) is 11.4 Å². The Morgan fingerprint density at radius 2 is 1.65 bits per heavy atom. The number of hydrogen-bond acceptors (Lipinski definition) is 2. The van der Waals surface area contributed by atoms with Crippen LogP contribution in [0.3, 0.4) is 0 Å². The fourth-order valence-corrected chi connectivity index (χ4v) is 3.14. The molecule has 0 fully saturated rings. The third-order valence-corrected chi connectivity index (χ3v) is 4.44. The third-order valence-electron chi connectivity index (χ3n) is 4.44. The molecule has 2 N–H and O–H groups in total. The van der Waals surface area contributed by atoms with Gasteiger partial charge in [0.25, 0.3) is 0 Å². The highest BCUT2D eigenvalue weighted by Crippen LogP contribution is 2.26. The van der Waals surface area contributed by atoms with Crippen LogP contribution in [-0.2, 0) is 22.4 Å². The van der Waals surface area contributed by atoms with Gasteiger partial charge in [-0.2, -0.15) is 0 Å². The zero-order chi connectivity index (χ0) is 17.9. The summed E-state index contributed by atoms with van der Waals surface area (Å²) in [5.74, 6) is -0.0864. The Hall–Kier alpha value is -3.40. The molecule has 0 saturated heterocycles. The van der Waals surface area contributed by atoms with Gasteiger partial charge in [0.2, 0.25) is 11.8 Å². The molecule has 3 aromatic rings. The Balaban J connectivity index is 1.41. The Labute approximate surface area is 151 Å². The molecule has 2 amide bonds. The van der Waals surface area contributed by atoms with Gasteiger partial charge in [-0.05, 0) is 40.5 Å². The summed E-state index contributed by atoms with van der Waals surface area (Å²) in [6.07, 6.45) is 0.670. The first-order valence-corrected chi connectivity index (χ1v) is 8.54. The summed E-state index contributed by atoms with van der Waals surface area (Å²) in [6.45, 7) is 0. The first-order chi connectivity index (χ1) is 12.7. The quantitative estimate of drug-likeness (QED) is 0.752. The maximum Gasteiger partial charge on any atom is 0.228 e. The van der Waals surface area contributed by atoms with Crippen molar-refractivity contribution in [1.82, 2.24) is 0 Å². The SMILES string of the molecule is O=C(Cc1ccc(-c2ccccc2)cc1)Nc1ccc2c(c1)CC(=O)N2. The molecule has 1 heterocycles. The molecule has 0 saturated carbocycles. The van der Waals surface area contributed by atoms with Gasteiger partial charge in [-0.25, -0.2) is 0 Å². The topological polar surface area (TPSA) is 58.2 Å².